The fourth-order valence-electron chi connectivity index (χ4n) is 3.27. The minimum atomic E-state index is 0.324. The number of nitrogens with one attached hydrogen (secondary N) is 1. The number of hydrogen-bond acceptors (Lipinski definition) is 3. The summed E-state index contributed by atoms with van der Waals surface area (Å²) in [5.41, 5.74) is 0. The van der Waals surface area contributed by atoms with Crippen LogP contribution in [0.5, 0.6) is 0 Å². The molecule has 2 heterocycles. The number of thiophene rings is 1. The maximum Gasteiger partial charge on any atom is 0.0931 e. The van der Waals surface area contributed by atoms with Crippen LogP contribution >= 0.6 is 22.9 Å². The molecular formula is C15H24ClNOS. The standard InChI is InChI=1S/C15H24ClNOS/c1-5-17-13(8-12-6-7-14(16)19-12)15-9(2)10(3)18-11(15)4/h6-7,9-11,13,15,17H,5,8H2,1-4H3. The van der Waals surface area contributed by atoms with Crippen LogP contribution < -0.4 is 5.32 Å². The molecule has 0 amide bonds. The first-order valence-electron chi connectivity index (χ1n) is 7.16. The quantitative estimate of drug-likeness (QED) is 0.888. The third-order valence-corrected chi connectivity index (χ3v) is 5.55. The minimum absolute atomic E-state index is 0.324. The monoisotopic (exact) mass is 301 g/mol. The van der Waals surface area contributed by atoms with Gasteiger partial charge in [-0.2, -0.15) is 0 Å². The van der Waals surface area contributed by atoms with E-state index in [1.165, 1.54) is 4.88 Å². The summed E-state index contributed by atoms with van der Waals surface area (Å²) >= 11 is 7.72. The van der Waals surface area contributed by atoms with E-state index in [1.807, 2.05) is 6.07 Å². The largest absolute Gasteiger partial charge is 0.375 e. The summed E-state index contributed by atoms with van der Waals surface area (Å²) in [4.78, 5) is 1.36. The van der Waals surface area contributed by atoms with E-state index in [1.54, 1.807) is 11.3 Å². The zero-order chi connectivity index (χ0) is 14.0. The van der Waals surface area contributed by atoms with Gasteiger partial charge in [0.1, 0.15) is 0 Å². The second kappa shape index (κ2) is 6.57. The predicted molar refractivity (Wildman–Crippen MR) is 83.2 cm³/mol. The van der Waals surface area contributed by atoms with Crippen LogP contribution in [-0.4, -0.2) is 24.8 Å². The van der Waals surface area contributed by atoms with E-state index < -0.39 is 0 Å². The van der Waals surface area contributed by atoms with Crippen LogP contribution in [0.2, 0.25) is 4.34 Å². The Bertz CT molecular complexity index is 409. The molecule has 19 heavy (non-hydrogen) atoms. The summed E-state index contributed by atoms with van der Waals surface area (Å²) in [7, 11) is 0. The van der Waals surface area contributed by atoms with E-state index >= 15 is 0 Å². The SMILES string of the molecule is CCNC(Cc1ccc(Cl)s1)C1C(C)OC(C)C1C. The van der Waals surface area contributed by atoms with Crippen molar-refractivity contribution < 1.29 is 4.74 Å². The molecule has 5 atom stereocenters. The van der Waals surface area contributed by atoms with Gasteiger partial charge in [0.05, 0.1) is 16.5 Å². The fourth-order valence-corrected chi connectivity index (χ4v) is 4.42. The van der Waals surface area contributed by atoms with Crippen molar-refractivity contribution in [2.24, 2.45) is 11.8 Å². The second-order valence-corrected chi connectivity index (χ2v) is 7.36. The Morgan fingerprint density at radius 1 is 1.32 bits per heavy atom. The molecule has 1 aliphatic heterocycles. The van der Waals surface area contributed by atoms with Gasteiger partial charge in [-0.25, -0.2) is 0 Å². The first-order valence-corrected chi connectivity index (χ1v) is 8.35. The molecule has 2 rings (SSSR count). The lowest BCUT2D eigenvalue weighted by Gasteiger charge is -2.29. The van der Waals surface area contributed by atoms with E-state index in [0.717, 1.165) is 17.3 Å². The highest BCUT2D eigenvalue weighted by Crippen LogP contribution is 2.36. The zero-order valence-electron chi connectivity index (χ0n) is 12.2. The Hall–Kier alpha value is -0.0900. The molecule has 0 spiro atoms. The third-order valence-electron chi connectivity index (χ3n) is 4.30. The number of hydrogen-bond donors (Lipinski definition) is 1. The molecular weight excluding hydrogens is 278 g/mol. The highest BCUT2D eigenvalue weighted by atomic mass is 35.5. The Kier molecular flexibility index (Phi) is 5.29. The van der Waals surface area contributed by atoms with Crippen molar-refractivity contribution in [3.8, 4) is 0 Å². The smallest absolute Gasteiger partial charge is 0.0931 e. The molecule has 0 saturated carbocycles. The van der Waals surface area contributed by atoms with Gasteiger partial charge in [-0.05, 0) is 44.9 Å². The van der Waals surface area contributed by atoms with Gasteiger partial charge in [0.15, 0.2) is 0 Å². The molecule has 2 nitrogen and oxygen atoms in total. The Labute approximate surface area is 125 Å². The Morgan fingerprint density at radius 3 is 2.53 bits per heavy atom. The highest BCUT2D eigenvalue weighted by Gasteiger charge is 2.41. The van der Waals surface area contributed by atoms with Crippen LogP contribution in [0.15, 0.2) is 12.1 Å². The molecule has 1 saturated heterocycles. The minimum Gasteiger partial charge on any atom is -0.375 e. The topological polar surface area (TPSA) is 21.3 Å². The van der Waals surface area contributed by atoms with Crippen molar-refractivity contribution in [1.29, 1.82) is 0 Å². The maximum absolute atomic E-state index is 6.03. The lowest BCUT2D eigenvalue weighted by Crippen LogP contribution is -2.43. The first kappa shape index (κ1) is 15.3. The van der Waals surface area contributed by atoms with E-state index in [-0.39, 0.29) is 0 Å². The first-order chi connectivity index (χ1) is 9.02. The van der Waals surface area contributed by atoms with Crippen molar-refractivity contribution in [3.05, 3.63) is 21.3 Å². The summed E-state index contributed by atoms with van der Waals surface area (Å²) < 4.78 is 6.87. The average Bonchev–Trinajstić information content (AvgIpc) is 2.84. The molecule has 108 valence electrons. The van der Waals surface area contributed by atoms with Crippen LogP contribution in [-0.2, 0) is 11.2 Å². The normalized spacial score (nSPS) is 32.7. The zero-order valence-corrected chi connectivity index (χ0v) is 13.7. The van der Waals surface area contributed by atoms with Crippen LogP contribution in [0.4, 0.5) is 0 Å². The summed E-state index contributed by atoms with van der Waals surface area (Å²) in [6.45, 7) is 9.87. The van der Waals surface area contributed by atoms with Crippen LogP contribution in [0.3, 0.4) is 0 Å². The highest BCUT2D eigenvalue weighted by molar-refractivity contribution is 7.16. The molecule has 0 aliphatic carbocycles. The molecule has 1 aromatic heterocycles. The van der Waals surface area contributed by atoms with Crippen LogP contribution in [0.1, 0.15) is 32.6 Å². The number of likely N-dealkylation sites (N-methyl/N-ethyl adjacent to an activating group) is 1. The lowest BCUT2D eigenvalue weighted by atomic mass is 9.82. The van der Waals surface area contributed by atoms with Gasteiger partial charge in [0, 0.05) is 16.8 Å². The number of halogens is 1. The van der Waals surface area contributed by atoms with Gasteiger partial charge in [-0.15, -0.1) is 11.3 Å². The van der Waals surface area contributed by atoms with E-state index in [4.69, 9.17) is 16.3 Å². The molecule has 0 aromatic carbocycles. The van der Waals surface area contributed by atoms with Crippen LogP contribution in [0, 0.1) is 11.8 Å². The fraction of sp³-hybridized carbons (Fsp3) is 0.733. The van der Waals surface area contributed by atoms with Crippen molar-refractivity contribution in [3.63, 3.8) is 0 Å². The maximum atomic E-state index is 6.03. The molecule has 0 radical (unpaired) electrons. The molecule has 0 bridgehead atoms. The molecule has 1 fully saturated rings. The summed E-state index contributed by atoms with van der Waals surface area (Å²) in [6.07, 6.45) is 1.72. The van der Waals surface area contributed by atoms with Crippen molar-refractivity contribution in [2.75, 3.05) is 6.54 Å². The summed E-state index contributed by atoms with van der Waals surface area (Å²) in [5, 5.41) is 3.65. The van der Waals surface area contributed by atoms with E-state index in [9.17, 15) is 0 Å². The van der Waals surface area contributed by atoms with Gasteiger partial charge in [0.2, 0.25) is 0 Å². The van der Waals surface area contributed by atoms with Gasteiger partial charge < -0.3 is 10.1 Å². The van der Waals surface area contributed by atoms with Crippen molar-refractivity contribution in [1.82, 2.24) is 5.32 Å². The van der Waals surface area contributed by atoms with Gasteiger partial charge >= 0.3 is 0 Å². The second-order valence-electron chi connectivity index (χ2n) is 5.56. The van der Waals surface area contributed by atoms with Gasteiger partial charge in [-0.1, -0.05) is 25.4 Å². The predicted octanol–water partition coefficient (Wildman–Crippen LogP) is 3.98. The van der Waals surface area contributed by atoms with Gasteiger partial charge in [0.25, 0.3) is 0 Å². The van der Waals surface area contributed by atoms with Gasteiger partial charge in [-0.3, -0.25) is 0 Å². The Balaban J connectivity index is 2.11. The molecule has 1 aliphatic rings. The molecule has 5 unspecified atom stereocenters. The lowest BCUT2D eigenvalue weighted by molar-refractivity contribution is 0.0477. The summed E-state index contributed by atoms with van der Waals surface area (Å²) in [5.74, 6) is 1.16. The molecule has 1 N–H and O–H groups in total. The number of ether oxygens (including phenoxy) is 1. The summed E-state index contributed by atoms with van der Waals surface area (Å²) in [6, 6.07) is 4.60. The third kappa shape index (κ3) is 3.52. The number of rotatable bonds is 5. The average molecular weight is 302 g/mol. The van der Waals surface area contributed by atoms with Crippen molar-refractivity contribution in [2.45, 2.75) is 52.4 Å². The van der Waals surface area contributed by atoms with Crippen molar-refractivity contribution >= 4 is 22.9 Å². The molecule has 4 heteroatoms. The molecule has 1 aromatic rings. The van der Waals surface area contributed by atoms with Crippen LogP contribution in [0.25, 0.3) is 0 Å². The Morgan fingerprint density at radius 2 is 2.05 bits per heavy atom. The van der Waals surface area contributed by atoms with E-state index in [2.05, 4.69) is 39.1 Å². The van der Waals surface area contributed by atoms with E-state index in [0.29, 0.717) is 30.1 Å².